The molecule has 158 valence electrons. The predicted molar refractivity (Wildman–Crippen MR) is 102 cm³/mol. The first-order valence-electron chi connectivity index (χ1n) is 11.6. The van der Waals surface area contributed by atoms with Crippen LogP contribution in [0.15, 0.2) is 0 Å². The standard InChI is InChI=1S/C23H36O5/c1-20-5-3-4-16(20)18-19(17(24)14-20)21(2)6-7-22(25-8-9-26-22)12-15(21)13-23(18)27-10-11-28-23/h15-19,24H,3-14H2,1-2H3. The number of hydrogen-bond acceptors (Lipinski definition) is 5. The van der Waals surface area contributed by atoms with Crippen LogP contribution >= 0.6 is 0 Å². The maximum atomic E-state index is 11.5. The van der Waals surface area contributed by atoms with Gasteiger partial charge in [0.25, 0.3) is 0 Å². The van der Waals surface area contributed by atoms with E-state index in [1.165, 1.54) is 19.3 Å². The smallest absolute Gasteiger partial charge is 0.172 e. The van der Waals surface area contributed by atoms with E-state index < -0.39 is 11.6 Å². The Morgan fingerprint density at radius 3 is 2.25 bits per heavy atom. The lowest BCUT2D eigenvalue weighted by molar-refractivity contribution is -0.327. The molecule has 0 aromatic carbocycles. The molecule has 7 atom stereocenters. The molecule has 2 heterocycles. The van der Waals surface area contributed by atoms with E-state index in [0.29, 0.717) is 44.2 Å². The fraction of sp³-hybridized carbons (Fsp3) is 1.00. The molecule has 4 saturated carbocycles. The van der Waals surface area contributed by atoms with E-state index in [-0.39, 0.29) is 22.9 Å². The van der Waals surface area contributed by atoms with Gasteiger partial charge in [-0.1, -0.05) is 20.3 Å². The number of ether oxygens (including phenoxy) is 4. The van der Waals surface area contributed by atoms with Gasteiger partial charge in [0.15, 0.2) is 11.6 Å². The van der Waals surface area contributed by atoms with Crippen LogP contribution in [0.5, 0.6) is 0 Å². The minimum atomic E-state index is -0.510. The predicted octanol–water partition coefficient (Wildman–Crippen LogP) is 3.49. The molecule has 28 heavy (non-hydrogen) atoms. The third-order valence-electron chi connectivity index (χ3n) is 9.99. The van der Waals surface area contributed by atoms with Crippen molar-refractivity contribution in [1.29, 1.82) is 0 Å². The first kappa shape index (κ1) is 18.6. The molecule has 5 nitrogen and oxygen atoms in total. The van der Waals surface area contributed by atoms with Crippen LogP contribution in [0.2, 0.25) is 0 Å². The van der Waals surface area contributed by atoms with Crippen molar-refractivity contribution < 1.29 is 24.1 Å². The summed E-state index contributed by atoms with van der Waals surface area (Å²) in [6.07, 6.45) is 8.31. The lowest BCUT2D eigenvalue weighted by Crippen LogP contribution is -2.67. The van der Waals surface area contributed by atoms with E-state index in [1.807, 2.05) is 0 Å². The average Bonchev–Trinajstić information content (AvgIpc) is 3.37. The number of fused-ring (bicyclic) bond motifs is 6. The summed E-state index contributed by atoms with van der Waals surface area (Å²) in [5.41, 5.74) is 0.342. The van der Waals surface area contributed by atoms with Crippen molar-refractivity contribution in [3.63, 3.8) is 0 Å². The van der Waals surface area contributed by atoms with Crippen LogP contribution in [0, 0.1) is 34.5 Å². The lowest BCUT2D eigenvalue weighted by atomic mass is 9.42. The first-order chi connectivity index (χ1) is 13.4. The molecular formula is C23H36O5. The summed E-state index contributed by atoms with van der Waals surface area (Å²) in [4.78, 5) is 0. The third kappa shape index (κ3) is 2.31. The third-order valence-corrected chi connectivity index (χ3v) is 9.99. The highest BCUT2D eigenvalue weighted by Crippen LogP contribution is 2.70. The number of hydrogen-bond donors (Lipinski definition) is 1. The number of rotatable bonds is 0. The molecule has 6 aliphatic rings. The van der Waals surface area contributed by atoms with Gasteiger partial charge in [-0.05, 0) is 54.3 Å². The highest BCUT2D eigenvalue weighted by molar-refractivity contribution is 5.16. The summed E-state index contributed by atoms with van der Waals surface area (Å²) >= 11 is 0. The molecule has 4 aliphatic carbocycles. The van der Waals surface area contributed by atoms with Gasteiger partial charge < -0.3 is 24.1 Å². The Hall–Kier alpha value is -0.200. The first-order valence-corrected chi connectivity index (χ1v) is 11.6. The van der Waals surface area contributed by atoms with Gasteiger partial charge in [-0.25, -0.2) is 0 Å². The molecule has 0 bridgehead atoms. The Morgan fingerprint density at radius 1 is 0.786 bits per heavy atom. The molecule has 1 N–H and O–H groups in total. The van der Waals surface area contributed by atoms with Crippen molar-refractivity contribution in [2.45, 2.75) is 82.9 Å². The van der Waals surface area contributed by atoms with Crippen LogP contribution in [0.1, 0.15) is 65.2 Å². The molecule has 0 amide bonds. The summed E-state index contributed by atoms with van der Waals surface area (Å²) in [5, 5.41) is 11.5. The van der Waals surface area contributed by atoms with Gasteiger partial charge in [-0.15, -0.1) is 0 Å². The van der Waals surface area contributed by atoms with Gasteiger partial charge in [0.05, 0.1) is 32.5 Å². The quantitative estimate of drug-likeness (QED) is 0.684. The fourth-order valence-corrected chi connectivity index (χ4v) is 8.79. The summed E-state index contributed by atoms with van der Waals surface area (Å²) in [7, 11) is 0. The van der Waals surface area contributed by atoms with E-state index in [4.69, 9.17) is 18.9 Å². The fourth-order valence-electron chi connectivity index (χ4n) is 8.79. The molecule has 2 aliphatic heterocycles. The van der Waals surface area contributed by atoms with Gasteiger partial charge >= 0.3 is 0 Å². The molecule has 7 unspecified atom stereocenters. The maximum absolute atomic E-state index is 11.5. The highest BCUT2D eigenvalue weighted by atomic mass is 16.7. The second-order valence-corrected chi connectivity index (χ2v) is 11.2. The van der Waals surface area contributed by atoms with Crippen molar-refractivity contribution >= 4 is 0 Å². The van der Waals surface area contributed by atoms with Crippen LogP contribution in [-0.4, -0.2) is 49.2 Å². The van der Waals surface area contributed by atoms with E-state index >= 15 is 0 Å². The minimum Gasteiger partial charge on any atom is -0.393 e. The molecule has 0 aromatic heterocycles. The Bertz CT molecular complexity index is 639. The Morgan fingerprint density at radius 2 is 1.50 bits per heavy atom. The zero-order valence-corrected chi connectivity index (χ0v) is 17.5. The van der Waals surface area contributed by atoms with Crippen LogP contribution in [-0.2, 0) is 18.9 Å². The normalized spacial score (nSPS) is 53.9. The zero-order valence-electron chi connectivity index (χ0n) is 17.5. The lowest BCUT2D eigenvalue weighted by Gasteiger charge is -2.66. The van der Waals surface area contributed by atoms with Crippen LogP contribution in [0.4, 0.5) is 0 Å². The topological polar surface area (TPSA) is 57.2 Å². The molecule has 6 fully saturated rings. The van der Waals surface area contributed by atoms with Gasteiger partial charge in [0.1, 0.15) is 0 Å². The van der Waals surface area contributed by atoms with Gasteiger partial charge in [0, 0.05) is 25.2 Å². The Balaban J connectivity index is 1.43. The average molecular weight is 393 g/mol. The molecule has 2 spiro atoms. The molecule has 6 rings (SSSR count). The van der Waals surface area contributed by atoms with Crippen molar-refractivity contribution in [2.75, 3.05) is 26.4 Å². The second kappa shape index (κ2) is 5.94. The molecular weight excluding hydrogens is 356 g/mol. The summed E-state index contributed by atoms with van der Waals surface area (Å²) in [5.74, 6) is 0.652. The minimum absolute atomic E-state index is 0.106. The van der Waals surface area contributed by atoms with Gasteiger partial charge in [0.2, 0.25) is 0 Å². The number of aliphatic hydroxyl groups is 1. The van der Waals surface area contributed by atoms with Crippen LogP contribution < -0.4 is 0 Å². The van der Waals surface area contributed by atoms with Crippen LogP contribution in [0.3, 0.4) is 0 Å². The monoisotopic (exact) mass is 392 g/mol. The van der Waals surface area contributed by atoms with Gasteiger partial charge in [-0.2, -0.15) is 0 Å². The Labute approximate surface area is 168 Å². The molecule has 0 aromatic rings. The Kier molecular flexibility index (Phi) is 3.94. The van der Waals surface area contributed by atoms with Crippen LogP contribution in [0.25, 0.3) is 0 Å². The number of aliphatic hydroxyl groups excluding tert-OH is 1. The maximum Gasteiger partial charge on any atom is 0.172 e. The second-order valence-electron chi connectivity index (χ2n) is 11.2. The molecule has 0 radical (unpaired) electrons. The van der Waals surface area contributed by atoms with Crippen molar-refractivity contribution in [1.82, 2.24) is 0 Å². The van der Waals surface area contributed by atoms with Crippen molar-refractivity contribution in [2.24, 2.45) is 34.5 Å². The van der Waals surface area contributed by atoms with Gasteiger partial charge in [-0.3, -0.25) is 0 Å². The molecule has 2 saturated heterocycles. The van der Waals surface area contributed by atoms with Crippen molar-refractivity contribution in [3.05, 3.63) is 0 Å². The van der Waals surface area contributed by atoms with Crippen molar-refractivity contribution in [3.8, 4) is 0 Å². The van der Waals surface area contributed by atoms with E-state index in [9.17, 15) is 5.11 Å². The summed E-state index contributed by atoms with van der Waals surface area (Å²) in [6.45, 7) is 7.64. The molecule has 5 heteroatoms. The SMILES string of the molecule is CC12CCCC1C1C(C(O)C2)C2(C)CCC3(CC2CC12OCCO2)OCCO3. The summed E-state index contributed by atoms with van der Waals surface area (Å²) < 4.78 is 25.2. The zero-order chi connectivity index (χ0) is 19.2. The summed E-state index contributed by atoms with van der Waals surface area (Å²) in [6, 6.07) is 0. The van der Waals surface area contributed by atoms with E-state index in [2.05, 4.69) is 13.8 Å². The highest BCUT2D eigenvalue weighted by Gasteiger charge is 2.70. The van der Waals surface area contributed by atoms with E-state index in [0.717, 1.165) is 32.1 Å². The largest absolute Gasteiger partial charge is 0.393 e. The van der Waals surface area contributed by atoms with E-state index in [1.54, 1.807) is 0 Å².